The first kappa shape index (κ1) is 16.6. The van der Waals surface area contributed by atoms with Crippen LogP contribution in [0.1, 0.15) is 24.2 Å². The lowest BCUT2D eigenvalue weighted by Gasteiger charge is -2.08. The summed E-state index contributed by atoms with van der Waals surface area (Å²) in [6.07, 6.45) is 0. The van der Waals surface area contributed by atoms with Crippen molar-refractivity contribution in [3.63, 3.8) is 0 Å². The molecule has 1 aromatic heterocycles. The lowest BCUT2D eigenvalue weighted by molar-refractivity contribution is -0.120. The van der Waals surface area contributed by atoms with Crippen molar-refractivity contribution >= 4 is 33.2 Å². The molecule has 1 aromatic rings. The predicted octanol–water partition coefficient (Wildman–Crippen LogP) is 0.497. The number of nitrogens with one attached hydrogen (secondary N) is 2. The average Bonchev–Trinajstić information content (AvgIpc) is 2.84. The molecule has 0 aromatic carbocycles. The monoisotopic (exact) mass is 320 g/mol. The van der Waals surface area contributed by atoms with Gasteiger partial charge in [-0.25, -0.2) is 17.9 Å². The van der Waals surface area contributed by atoms with Gasteiger partial charge in [0.2, 0.25) is 5.91 Å². The highest BCUT2D eigenvalue weighted by atomic mass is 32.2. The topological polar surface area (TPSA) is 113 Å². The van der Waals surface area contributed by atoms with Gasteiger partial charge < -0.3 is 10.4 Å². The van der Waals surface area contributed by atoms with E-state index in [4.69, 9.17) is 5.11 Å². The number of thiophene rings is 1. The summed E-state index contributed by atoms with van der Waals surface area (Å²) < 4.78 is 25.7. The van der Waals surface area contributed by atoms with Crippen LogP contribution in [0.15, 0.2) is 15.7 Å². The number of carbonyl (C=O) groups excluding carboxylic acids is 1. The molecule has 0 saturated carbocycles. The molecule has 9 heteroatoms. The molecule has 112 valence electrons. The van der Waals surface area contributed by atoms with Crippen LogP contribution in [0.4, 0.5) is 0 Å². The second kappa shape index (κ2) is 6.82. The van der Waals surface area contributed by atoms with Gasteiger partial charge in [-0.05, 0) is 12.0 Å². The third-order valence-electron chi connectivity index (χ3n) is 2.22. The normalized spacial score (nSPS) is 11.6. The summed E-state index contributed by atoms with van der Waals surface area (Å²) in [5.74, 6) is -1.36. The van der Waals surface area contributed by atoms with Crippen molar-refractivity contribution in [2.75, 3.05) is 13.1 Å². The minimum Gasteiger partial charge on any atom is -0.478 e. The van der Waals surface area contributed by atoms with Crippen LogP contribution in [0.5, 0.6) is 0 Å². The smallest absolute Gasteiger partial charge is 0.336 e. The number of aromatic carboxylic acids is 1. The number of rotatable bonds is 7. The second-order valence-electron chi connectivity index (χ2n) is 4.48. The van der Waals surface area contributed by atoms with Crippen molar-refractivity contribution in [3.05, 3.63) is 17.0 Å². The van der Waals surface area contributed by atoms with Crippen LogP contribution in [0, 0.1) is 5.92 Å². The van der Waals surface area contributed by atoms with Crippen LogP contribution in [0.2, 0.25) is 0 Å². The number of sulfonamides is 1. The van der Waals surface area contributed by atoms with Crippen LogP contribution in [-0.4, -0.2) is 38.5 Å². The first-order valence-corrected chi connectivity index (χ1v) is 8.17. The molecule has 0 fully saturated rings. The van der Waals surface area contributed by atoms with Gasteiger partial charge in [0.15, 0.2) is 0 Å². The summed E-state index contributed by atoms with van der Waals surface area (Å²) in [6, 6.07) is 1.06. The molecule has 1 rings (SSSR count). The molecule has 0 bridgehead atoms. The van der Waals surface area contributed by atoms with Crippen LogP contribution in [-0.2, 0) is 14.8 Å². The highest BCUT2D eigenvalue weighted by molar-refractivity contribution is 7.91. The molecule has 0 aliphatic heterocycles. The first-order valence-electron chi connectivity index (χ1n) is 5.80. The lowest BCUT2D eigenvalue weighted by Crippen LogP contribution is -2.38. The summed E-state index contributed by atoms with van der Waals surface area (Å²) in [4.78, 5) is 22.1. The molecule has 0 atom stereocenters. The highest BCUT2D eigenvalue weighted by Crippen LogP contribution is 2.19. The predicted molar refractivity (Wildman–Crippen MR) is 74.3 cm³/mol. The third kappa shape index (κ3) is 4.91. The quantitative estimate of drug-likeness (QED) is 0.677. The summed E-state index contributed by atoms with van der Waals surface area (Å²) in [7, 11) is -3.86. The maximum absolute atomic E-state index is 11.8. The van der Waals surface area contributed by atoms with Crippen LogP contribution in [0.3, 0.4) is 0 Å². The molecule has 7 nitrogen and oxygen atoms in total. The SMILES string of the molecule is CC(C)CNC(=O)CNS(=O)(=O)c1cc(C(=O)O)cs1. The zero-order valence-corrected chi connectivity index (χ0v) is 12.7. The average molecular weight is 320 g/mol. The van der Waals surface area contributed by atoms with Crippen molar-refractivity contribution < 1.29 is 23.1 Å². The summed E-state index contributed by atoms with van der Waals surface area (Å²) in [6.45, 7) is 3.92. The van der Waals surface area contributed by atoms with E-state index in [1.54, 1.807) is 0 Å². The Balaban J connectivity index is 2.61. The summed E-state index contributed by atoms with van der Waals surface area (Å²) in [5.41, 5.74) is -0.0976. The number of amides is 1. The van der Waals surface area contributed by atoms with Gasteiger partial charge in [-0.15, -0.1) is 11.3 Å². The zero-order valence-electron chi connectivity index (χ0n) is 11.0. The molecule has 3 N–H and O–H groups in total. The fraction of sp³-hybridized carbons (Fsp3) is 0.455. The van der Waals surface area contributed by atoms with Gasteiger partial charge >= 0.3 is 5.97 Å². The largest absolute Gasteiger partial charge is 0.478 e. The Labute approximate surface area is 121 Å². The molecule has 1 amide bonds. The minimum atomic E-state index is -3.86. The molecule has 0 spiro atoms. The molecule has 0 aliphatic carbocycles. The van der Waals surface area contributed by atoms with E-state index in [1.165, 1.54) is 5.38 Å². The Bertz CT molecular complexity index is 592. The Hall–Kier alpha value is -1.45. The number of carboxylic acids is 1. The molecule has 0 saturated heterocycles. The van der Waals surface area contributed by atoms with Gasteiger partial charge in [-0.2, -0.15) is 0 Å². The third-order valence-corrected chi connectivity index (χ3v) is 5.06. The Kier molecular flexibility index (Phi) is 5.66. The Morgan fingerprint density at radius 2 is 2.05 bits per heavy atom. The Morgan fingerprint density at radius 3 is 2.55 bits per heavy atom. The van der Waals surface area contributed by atoms with E-state index in [9.17, 15) is 18.0 Å². The Morgan fingerprint density at radius 1 is 1.40 bits per heavy atom. The minimum absolute atomic E-state index is 0.0976. The maximum Gasteiger partial charge on any atom is 0.336 e. The molecular weight excluding hydrogens is 304 g/mol. The van der Waals surface area contributed by atoms with Crippen molar-refractivity contribution in [2.45, 2.75) is 18.1 Å². The van der Waals surface area contributed by atoms with Crippen LogP contribution < -0.4 is 10.0 Å². The first-order chi connectivity index (χ1) is 9.22. The van der Waals surface area contributed by atoms with Crippen molar-refractivity contribution in [1.29, 1.82) is 0 Å². The van der Waals surface area contributed by atoms with Gasteiger partial charge in [0.25, 0.3) is 10.0 Å². The van der Waals surface area contributed by atoms with E-state index in [2.05, 4.69) is 10.0 Å². The highest BCUT2D eigenvalue weighted by Gasteiger charge is 2.19. The van der Waals surface area contributed by atoms with Crippen LogP contribution in [0.25, 0.3) is 0 Å². The second-order valence-corrected chi connectivity index (χ2v) is 7.39. The van der Waals surface area contributed by atoms with Gasteiger partial charge in [0.05, 0.1) is 12.1 Å². The molecule has 20 heavy (non-hydrogen) atoms. The number of hydrogen-bond acceptors (Lipinski definition) is 5. The van der Waals surface area contributed by atoms with Gasteiger partial charge in [-0.1, -0.05) is 13.8 Å². The van der Waals surface area contributed by atoms with Gasteiger partial charge in [0.1, 0.15) is 4.21 Å². The van der Waals surface area contributed by atoms with Gasteiger partial charge in [0, 0.05) is 11.9 Å². The fourth-order valence-electron chi connectivity index (χ4n) is 1.18. The van der Waals surface area contributed by atoms with Gasteiger partial charge in [-0.3, -0.25) is 4.79 Å². The van der Waals surface area contributed by atoms with E-state index in [0.717, 1.165) is 17.4 Å². The standard InChI is InChI=1S/C11H16N2O5S2/c1-7(2)4-12-9(14)5-13-20(17,18)10-3-8(6-19-10)11(15)16/h3,6-7,13H,4-5H2,1-2H3,(H,12,14)(H,15,16). The molecular formula is C11H16N2O5S2. The molecule has 0 radical (unpaired) electrons. The molecule has 0 aliphatic rings. The van der Waals surface area contributed by atoms with E-state index in [0.29, 0.717) is 6.54 Å². The van der Waals surface area contributed by atoms with E-state index >= 15 is 0 Å². The van der Waals surface area contributed by atoms with Crippen molar-refractivity contribution in [2.24, 2.45) is 5.92 Å². The fourth-order valence-corrected chi connectivity index (χ4v) is 3.36. The zero-order chi connectivity index (χ0) is 15.3. The summed E-state index contributed by atoms with van der Waals surface area (Å²) >= 11 is 0.792. The number of carbonyl (C=O) groups is 2. The maximum atomic E-state index is 11.8. The number of hydrogen-bond donors (Lipinski definition) is 3. The van der Waals surface area contributed by atoms with E-state index in [-0.39, 0.29) is 22.2 Å². The van der Waals surface area contributed by atoms with E-state index < -0.39 is 21.9 Å². The van der Waals surface area contributed by atoms with Crippen molar-refractivity contribution in [3.8, 4) is 0 Å². The van der Waals surface area contributed by atoms with Crippen molar-refractivity contribution in [1.82, 2.24) is 10.0 Å². The number of carboxylic acid groups (broad SMARTS) is 1. The van der Waals surface area contributed by atoms with E-state index in [1.807, 2.05) is 13.8 Å². The molecule has 1 heterocycles. The lowest BCUT2D eigenvalue weighted by atomic mass is 10.2. The molecule has 0 unspecified atom stereocenters. The summed E-state index contributed by atoms with van der Waals surface area (Å²) in [5, 5.41) is 12.5. The van der Waals surface area contributed by atoms with Crippen LogP contribution >= 0.6 is 11.3 Å².